The molecule has 1 aliphatic heterocycles. The monoisotopic (exact) mass is 323 g/mol. The van der Waals surface area contributed by atoms with Crippen molar-refractivity contribution in [1.29, 1.82) is 0 Å². The van der Waals surface area contributed by atoms with Crippen molar-refractivity contribution in [2.24, 2.45) is 0 Å². The second-order valence-corrected chi connectivity index (χ2v) is 6.90. The molecule has 0 bridgehead atoms. The molecule has 0 saturated carbocycles. The Bertz CT molecular complexity index is 677. The minimum absolute atomic E-state index is 0.142. The lowest BCUT2D eigenvalue weighted by Crippen LogP contribution is -2.35. The average Bonchev–Trinajstić information content (AvgIpc) is 3.02. The Labute approximate surface area is 144 Å². The van der Waals surface area contributed by atoms with Gasteiger partial charge in [0.25, 0.3) is 0 Å². The van der Waals surface area contributed by atoms with Crippen molar-refractivity contribution in [3.8, 4) is 11.5 Å². The molecule has 3 heteroatoms. The summed E-state index contributed by atoms with van der Waals surface area (Å²) in [5.41, 5.74) is 2.64. The fraction of sp³-hybridized carbons (Fsp3) is 0.429. The smallest absolute Gasteiger partial charge is 0.124 e. The second-order valence-electron chi connectivity index (χ2n) is 6.90. The van der Waals surface area contributed by atoms with E-state index < -0.39 is 0 Å². The third kappa shape index (κ3) is 3.27. The summed E-state index contributed by atoms with van der Waals surface area (Å²) in [6, 6.07) is 16.5. The Balaban J connectivity index is 1.49. The van der Waals surface area contributed by atoms with Gasteiger partial charge in [-0.25, -0.2) is 0 Å². The van der Waals surface area contributed by atoms with Crippen LogP contribution >= 0.6 is 0 Å². The molecule has 1 unspecified atom stereocenters. The molecule has 1 fully saturated rings. The van der Waals surface area contributed by atoms with Gasteiger partial charge in [-0.15, -0.1) is 0 Å². The van der Waals surface area contributed by atoms with Gasteiger partial charge in [-0.05, 0) is 56.5 Å². The third-order valence-electron chi connectivity index (χ3n) is 5.15. The van der Waals surface area contributed by atoms with Gasteiger partial charge in [0, 0.05) is 18.7 Å². The van der Waals surface area contributed by atoms with Gasteiger partial charge >= 0.3 is 0 Å². The molecule has 0 N–H and O–H groups in total. The van der Waals surface area contributed by atoms with Crippen LogP contribution in [0.25, 0.3) is 0 Å². The number of likely N-dealkylation sites (tertiary alicyclic amines) is 1. The van der Waals surface area contributed by atoms with Crippen LogP contribution in [0.15, 0.2) is 48.5 Å². The lowest BCUT2D eigenvalue weighted by atomic mass is 10.1. The fourth-order valence-electron chi connectivity index (χ4n) is 3.76. The van der Waals surface area contributed by atoms with Crippen molar-refractivity contribution in [2.45, 2.75) is 37.9 Å². The van der Waals surface area contributed by atoms with Crippen LogP contribution in [0.5, 0.6) is 11.5 Å². The summed E-state index contributed by atoms with van der Waals surface area (Å²) in [6.45, 7) is 2.25. The Morgan fingerprint density at radius 1 is 0.875 bits per heavy atom. The number of benzene rings is 2. The fourth-order valence-corrected chi connectivity index (χ4v) is 3.76. The third-order valence-corrected chi connectivity index (χ3v) is 5.15. The van der Waals surface area contributed by atoms with Gasteiger partial charge in [0.1, 0.15) is 23.7 Å². The highest BCUT2D eigenvalue weighted by atomic mass is 16.5. The van der Waals surface area contributed by atoms with E-state index >= 15 is 0 Å². The summed E-state index contributed by atoms with van der Waals surface area (Å²) in [5, 5.41) is 0. The maximum absolute atomic E-state index is 6.36. The number of hydrogen-bond donors (Lipinski definition) is 0. The molecule has 1 saturated heterocycles. The molecule has 1 heterocycles. The van der Waals surface area contributed by atoms with E-state index in [1.54, 1.807) is 0 Å². The molecular weight excluding hydrogens is 298 g/mol. The van der Waals surface area contributed by atoms with Gasteiger partial charge in [0.2, 0.25) is 0 Å². The van der Waals surface area contributed by atoms with Crippen molar-refractivity contribution in [3.63, 3.8) is 0 Å². The Hall–Kier alpha value is -2.00. The SMILES string of the molecule is CN1CCC(Oc2cccc3c2CCC3Oc2ccccc2)CC1. The molecule has 2 aromatic rings. The van der Waals surface area contributed by atoms with Crippen LogP contribution in [-0.2, 0) is 6.42 Å². The molecule has 24 heavy (non-hydrogen) atoms. The standard InChI is InChI=1S/C21H25NO2/c1-22-14-12-17(13-15-22)24-20-9-5-8-18-19(20)10-11-21(18)23-16-6-3-2-4-7-16/h2-9,17,21H,10-15H2,1H3. The zero-order valence-corrected chi connectivity index (χ0v) is 14.3. The maximum atomic E-state index is 6.36. The molecule has 0 radical (unpaired) electrons. The number of ether oxygens (including phenoxy) is 2. The van der Waals surface area contributed by atoms with Crippen LogP contribution in [0.1, 0.15) is 36.5 Å². The van der Waals surface area contributed by atoms with Crippen molar-refractivity contribution in [2.75, 3.05) is 20.1 Å². The first-order valence-electron chi connectivity index (χ1n) is 8.98. The lowest BCUT2D eigenvalue weighted by molar-refractivity contribution is 0.113. The molecule has 126 valence electrons. The van der Waals surface area contributed by atoms with E-state index in [1.807, 2.05) is 30.3 Å². The summed E-state index contributed by atoms with van der Waals surface area (Å²) < 4.78 is 12.6. The molecule has 1 atom stereocenters. The summed E-state index contributed by atoms with van der Waals surface area (Å²) in [7, 11) is 2.18. The van der Waals surface area contributed by atoms with E-state index in [2.05, 4.69) is 30.1 Å². The van der Waals surface area contributed by atoms with Crippen molar-refractivity contribution in [1.82, 2.24) is 4.90 Å². The minimum Gasteiger partial charge on any atom is -0.490 e. The van der Waals surface area contributed by atoms with Crippen LogP contribution < -0.4 is 9.47 Å². The predicted molar refractivity (Wildman–Crippen MR) is 95.7 cm³/mol. The van der Waals surface area contributed by atoms with Crippen LogP contribution in [0.2, 0.25) is 0 Å². The first-order chi connectivity index (χ1) is 11.8. The molecule has 2 aliphatic rings. The van der Waals surface area contributed by atoms with Gasteiger partial charge in [-0.1, -0.05) is 30.3 Å². The molecular formula is C21H25NO2. The van der Waals surface area contributed by atoms with Gasteiger partial charge < -0.3 is 14.4 Å². The molecule has 0 amide bonds. The molecule has 4 rings (SSSR count). The highest BCUT2D eigenvalue weighted by Gasteiger charge is 2.28. The van der Waals surface area contributed by atoms with Crippen LogP contribution in [0.3, 0.4) is 0 Å². The van der Waals surface area contributed by atoms with E-state index in [0.29, 0.717) is 6.10 Å². The Kier molecular flexibility index (Phi) is 4.44. The Morgan fingerprint density at radius 2 is 1.67 bits per heavy atom. The number of nitrogens with zero attached hydrogens (tertiary/aromatic N) is 1. The van der Waals surface area contributed by atoms with Gasteiger partial charge in [0.05, 0.1) is 0 Å². The quantitative estimate of drug-likeness (QED) is 0.840. The largest absolute Gasteiger partial charge is 0.490 e. The predicted octanol–water partition coefficient (Wildman–Crippen LogP) is 4.23. The Morgan fingerprint density at radius 3 is 2.46 bits per heavy atom. The van der Waals surface area contributed by atoms with Gasteiger partial charge in [-0.2, -0.15) is 0 Å². The topological polar surface area (TPSA) is 21.7 Å². The number of para-hydroxylation sites is 1. The molecule has 3 nitrogen and oxygen atoms in total. The van der Waals surface area contributed by atoms with Crippen LogP contribution in [0.4, 0.5) is 0 Å². The normalized spacial score (nSPS) is 21.5. The first kappa shape index (κ1) is 15.5. The van der Waals surface area contributed by atoms with Crippen molar-refractivity contribution >= 4 is 0 Å². The van der Waals surface area contributed by atoms with Crippen molar-refractivity contribution in [3.05, 3.63) is 59.7 Å². The minimum atomic E-state index is 0.142. The molecule has 0 spiro atoms. The zero-order valence-electron chi connectivity index (χ0n) is 14.3. The van der Waals surface area contributed by atoms with E-state index in [9.17, 15) is 0 Å². The number of piperidine rings is 1. The van der Waals surface area contributed by atoms with E-state index in [1.165, 1.54) is 11.1 Å². The highest BCUT2D eigenvalue weighted by Crippen LogP contribution is 2.40. The summed E-state index contributed by atoms with van der Waals surface area (Å²) in [4.78, 5) is 2.37. The molecule has 1 aliphatic carbocycles. The zero-order chi connectivity index (χ0) is 16.4. The first-order valence-corrected chi connectivity index (χ1v) is 8.98. The number of fused-ring (bicyclic) bond motifs is 1. The highest BCUT2D eigenvalue weighted by molar-refractivity contribution is 5.45. The lowest BCUT2D eigenvalue weighted by Gasteiger charge is -2.30. The number of rotatable bonds is 4. The van der Waals surface area contributed by atoms with Crippen LogP contribution in [-0.4, -0.2) is 31.1 Å². The van der Waals surface area contributed by atoms with Gasteiger partial charge in [-0.3, -0.25) is 0 Å². The van der Waals surface area contributed by atoms with Crippen molar-refractivity contribution < 1.29 is 9.47 Å². The van der Waals surface area contributed by atoms with E-state index in [-0.39, 0.29) is 6.10 Å². The maximum Gasteiger partial charge on any atom is 0.124 e. The second kappa shape index (κ2) is 6.86. The van der Waals surface area contributed by atoms with E-state index in [4.69, 9.17) is 9.47 Å². The van der Waals surface area contributed by atoms with Gasteiger partial charge in [0.15, 0.2) is 0 Å². The van der Waals surface area contributed by atoms with Crippen LogP contribution in [0, 0.1) is 0 Å². The average molecular weight is 323 g/mol. The summed E-state index contributed by atoms with van der Waals surface area (Å²) >= 11 is 0. The number of hydrogen-bond acceptors (Lipinski definition) is 3. The van der Waals surface area contributed by atoms with E-state index in [0.717, 1.165) is 50.3 Å². The summed E-state index contributed by atoms with van der Waals surface area (Å²) in [5.74, 6) is 2.01. The molecule has 2 aromatic carbocycles. The summed E-state index contributed by atoms with van der Waals surface area (Å²) in [6.07, 6.45) is 4.78. The molecule has 0 aromatic heterocycles.